The Kier molecular flexibility index (Phi) is 5.96. The average molecular weight is 281 g/mol. The van der Waals surface area contributed by atoms with Crippen molar-refractivity contribution in [3.8, 4) is 6.07 Å². The topological polar surface area (TPSA) is 96.0 Å². The predicted octanol–water partition coefficient (Wildman–Crippen LogP) is 1.11. The number of sulfonamides is 1. The van der Waals surface area contributed by atoms with Crippen molar-refractivity contribution >= 4 is 10.0 Å². The Morgan fingerprint density at radius 1 is 1.47 bits per heavy atom. The van der Waals surface area contributed by atoms with Crippen molar-refractivity contribution in [3.63, 3.8) is 0 Å². The van der Waals surface area contributed by atoms with Gasteiger partial charge in [-0.05, 0) is 24.1 Å². The SMILES string of the molecule is CCC[C@@H](N)CNS(=O)(=O)Cc1cccc(C#N)c1. The number of hydrogen-bond donors (Lipinski definition) is 2. The molecular weight excluding hydrogens is 262 g/mol. The molecule has 0 aliphatic carbocycles. The molecule has 19 heavy (non-hydrogen) atoms. The highest BCUT2D eigenvalue weighted by atomic mass is 32.2. The third kappa shape index (κ3) is 5.83. The normalized spacial score (nSPS) is 12.9. The number of nitrogens with one attached hydrogen (secondary N) is 1. The van der Waals surface area contributed by atoms with E-state index in [1.165, 1.54) is 0 Å². The molecule has 0 saturated heterocycles. The molecule has 0 aliphatic rings. The highest BCUT2D eigenvalue weighted by Crippen LogP contribution is 2.08. The Bertz CT molecular complexity index is 549. The van der Waals surface area contributed by atoms with Crippen molar-refractivity contribution < 1.29 is 8.42 Å². The number of nitrogens with zero attached hydrogens (tertiary/aromatic N) is 1. The van der Waals surface area contributed by atoms with Crippen LogP contribution in [0.1, 0.15) is 30.9 Å². The summed E-state index contributed by atoms with van der Waals surface area (Å²) in [7, 11) is -3.41. The van der Waals surface area contributed by atoms with Crippen molar-refractivity contribution in [2.75, 3.05) is 6.54 Å². The zero-order chi connectivity index (χ0) is 14.3. The van der Waals surface area contributed by atoms with Crippen LogP contribution >= 0.6 is 0 Å². The molecule has 0 bridgehead atoms. The third-order valence-corrected chi connectivity index (χ3v) is 3.96. The van der Waals surface area contributed by atoms with E-state index in [0.717, 1.165) is 12.8 Å². The summed E-state index contributed by atoms with van der Waals surface area (Å²) in [5.41, 5.74) is 6.81. The van der Waals surface area contributed by atoms with Crippen LogP contribution in [0.3, 0.4) is 0 Å². The minimum absolute atomic E-state index is 0.138. The van der Waals surface area contributed by atoms with E-state index in [1.54, 1.807) is 24.3 Å². The van der Waals surface area contributed by atoms with Crippen molar-refractivity contribution in [2.24, 2.45) is 5.73 Å². The van der Waals surface area contributed by atoms with E-state index in [4.69, 9.17) is 11.0 Å². The monoisotopic (exact) mass is 281 g/mol. The Morgan fingerprint density at radius 2 is 2.21 bits per heavy atom. The van der Waals surface area contributed by atoms with Gasteiger partial charge in [-0.15, -0.1) is 0 Å². The fourth-order valence-electron chi connectivity index (χ4n) is 1.71. The van der Waals surface area contributed by atoms with Crippen LogP contribution in [0, 0.1) is 11.3 Å². The van der Waals surface area contributed by atoms with Crippen LogP contribution < -0.4 is 10.5 Å². The van der Waals surface area contributed by atoms with Crippen LogP contribution in [0.15, 0.2) is 24.3 Å². The zero-order valence-electron chi connectivity index (χ0n) is 11.0. The number of hydrogen-bond acceptors (Lipinski definition) is 4. The average Bonchev–Trinajstić information content (AvgIpc) is 2.37. The van der Waals surface area contributed by atoms with Gasteiger partial charge < -0.3 is 5.73 Å². The van der Waals surface area contributed by atoms with Crippen molar-refractivity contribution in [1.29, 1.82) is 5.26 Å². The summed E-state index contributed by atoms with van der Waals surface area (Å²) in [6, 6.07) is 8.40. The van der Waals surface area contributed by atoms with Crippen LogP contribution in [-0.2, 0) is 15.8 Å². The van der Waals surface area contributed by atoms with Gasteiger partial charge in [0, 0.05) is 12.6 Å². The second kappa shape index (κ2) is 7.24. The van der Waals surface area contributed by atoms with Crippen LogP contribution in [0.25, 0.3) is 0 Å². The molecule has 1 atom stereocenters. The fourth-order valence-corrected chi connectivity index (χ4v) is 2.90. The maximum Gasteiger partial charge on any atom is 0.215 e. The summed E-state index contributed by atoms with van der Waals surface area (Å²) in [4.78, 5) is 0. The van der Waals surface area contributed by atoms with Crippen LogP contribution in [0.5, 0.6) is 0 Å². The smallest absolute Gasteiger partial charge is 0.215 e. The first-order chi connectivity index (χ1) is 8.96. The molecule has 0 aromatic heterocycles. The summed E-state index contributed by atoms with van der Waals surface area (Å²) >= 11 is 0. The number of benzene rings is 1. The molecule has 5 nitrogen and oxygen atoms in total. The van der Waals surface area contributed by atoms with Crippen LogP contribution in [0.4, 0.5) is 0 Å². The third-order valence-electron chi connectivity index (χ3n) is 2.64. The molecule has 1 aromatic rings. The van der Waals surface area contributed by atoms with Gasteiger partial charge in [0.15, 0.2) is 0 Å². The Balaban J connectivity index is 2.61. The van der Waals surface area contributed by atoms with E-state index < -0.39 is 10.0 Å². The molecule has 6 heteroatoms. The Morgan fingerprint density at radius 3 is 2.84 bits per heavy atom. The lowest BCUT2D eigenvalue weighted by Crippen LogP contribution is -2.37. The molecular formula is C13H19N3O2S. The Labute approximate surface area is 114 Å². The highest BCUT2D eigenvalue weighted by Gasteiger charge is 2.13. The van der Waals surface area contributed by atoms with Gasteiger partial charge in [0.2, 0.25) is 10.0 Å². The largest absolute Gasteiger partial charge is 0.327 e. The lowest BCUT2D eigenvalue weighted by molar-refractivity contribution is 0.552. The fraction of sp³-hybridized carbons (Fsp3) is 0.462. The molecule has 0 radical (unpaired) electrons. The first-order valence-corrected chi connectivity index (χ1v) is 7.84. The van der Waals surface area contributed by atoms with E-state index in [-0.39, 0.29) is 18.3 Å². The maximum atomic E-state index is 11.9. The highest BCUT2D eigenvalue weighted by molar-refractivity contribution is 7.88. The molecule has 0 heterocycles. The first kappa shape index (κ1) is 15.6. The molecule has 0 aliphatic heterocycles. The van der Waals surface area contributed by atoms with Crippen LogP contribution in [0.2, 0.25) is 0 Å². The zero-order valence-corrected chi connectivity index (χ0v) is 11.8. The molecule has 1 rings (SSSR count). The predicted molar refractivity (Wildman–Crippen MR) is 74.7 cm³/mol. The summed E-state index contributed by atoms with van der Waals surface area (Å²) < 4.78 is 26.2. The standard InChI is InChI=1S/C13H19N3O2S/c1-2-4-13(15)9-16-19(17,18)10-12-6-3-5-11(7-12)8-14/h3,5-7,13,16H,2,4,9-10,15H2,1H3/t13-/m1/s1. The van der Waals surface area contributed by atoms with Crippen molar-refractivity contribution in [1.82, 2.24) is 4.72 Å². The molecule has 0 amide bonds. The summed E-state index contributed by atoms with van der Waals surface area (Å²) in [6.07, 6.45) is 1.71. The van der Waals surface area contributed by atoms with E-state index in [0.29, 0.717) is 11.1 Å². The van der Waals surface area contributed by atoms with Gasteiger partial charge in [-0.1, -0.05) is 25.5 Å². The Hall–Kier alpha value is -1.42. The summed E-state index contributed by atoms with van der Waals surface area (Å²) in [5.74, 6) is -0.138. The van der Waals surface area contributed by atoms with Crippen molar-refractivity contribution in [2.45, 2.75) is 31.6 Å². The van der Waals surface area contributed by atoms with Gasteiger partial charge in [-0.25, -0.2) is 13.1 Å². The summed E-state index contributed by atoms with van der Waals surface area (Å²) in [6.45, 7) is 2.25. The number of nitrogens with two attached hydrogens (primary N) is 1. The van der Waals surface area contributed by atoms with Gasteiger partial charge >= 0.3 is 0 Å². The maximum absolute atomic E-state index is 11.9. The molecule has 0 spiro atoms. The lowest BCUT2D eigenvalue weighted by atomic mass is 10.2. The molecule has 0 saturated carbocycles. The number of rotatable bonds is 7. The second-order valence-electron chi connectivity index (χ2n) is 4.47. The van der Waals surface area contributed by atoms with Crippen LogP contribution in [-0.4, -0.2) is 21.0 Å². The molecule has 3 N–H and O–H groups in total. The molecule has 0 fully saturated rings. The van der Waals surface area contributed by atoms with Gasteiger partial charge in [0.25, 0.3) is 0 Å². The van der Waals surface area contributed by atoms with E-state index in [2.05, 4.69) is 4.72 Å². The number of nitriles is 1. The van der Waals surface area contributed by atoms with Gasteiger partial charge in [-0.2, -0.15) is 5.26 Å². The van der Waals surface area contributed by atoms with Gasteiger partial charge in [0.1, 0.15) is 0 Å². The first-order valence-electron chi connectivity index (χ1n) is 6.19. The van der Waals surface area contributed by atoms with Crippen molar-refractivity contribution in [3.05, 3.63) is 35.4 Å². The summed E-state index contributed by atoms with van der Waals surface area (Å²) in [5, 5.41) is 8.76. The molecule has 104 valence electrons. The minimum atomic E-state index is -3.41. The second-order valence-corrected chi connectivity index (χ2v) is 6.28. The van der Waals surface area contributed by atoms with E-state index in [1.807, 2.05) is 13.0 Å². The van der Waals surface area contributed by atoms with E-state index >= 15 is 0 Å². The van der Waals surface area contributed by atoms with Gasteiger partial charge in [-0.3, -0.25) is 0 Å². The van der Waals surface area contributed by atoms with Gasteiger partial charge in [0.05, 0.1) is 17.4 Å². The lowest BCUT2D eigenvalue weighted by Gasteiger charge is -2.12. The minimum Gasteiger partial charge on any atom is -0.327 e. The van der Waals surface area contributed by atoms with E-state index in [9.17, 15) is 8.42 Å². The quantitative estimate of drug-likeness (QED) is 0.782. The molecule has 1 aromatic carbocycles. The molecule has 0 unspecified atom stereocenters.